The summed E-state index contributed by atoms with van der Waals surface area (Å²) in [6, 6.07) is 3.05. The van der Waals surface area contributed by atoms with Crippen molar-refractivity contribution in [2.24, 2.45) is 10.7 Å². The number of ether oxygens (including phenoxy) is 1. The average molecular weight is 497 g/mol. The molecule has 1 aromatic carbocycles. The van der Waals surface area contributed by atoms with E-state index in [1.54, 1.807) is 19.9 Å². The Kier molecular flexibility index (Phi) is 6.35. The summed E-state index contributed by atoms with van der Waals surface area (Å²) < 4.78 is 72.9. The molecule has 35 heavy (non-hydrogen) atoms. The summed E-state index contributed by atoms with van der Waals surface area (Å²) in [7, 11) is 1.43. The van der Waals surface area contributed by atoms with E-state index in [4.69, 9.17) is 10.5 Å². The second-order valence-electron chi connectivity index (χ2n) is 8.61. The SMILES string of the molecule is COc1c(C(C)n2nc(C(F)F)c3c2NCN=C3N)cc(C#N)c(C)c1C1CN(CC(F)(F)F)C1. The Hall–Kier alpha value is -3.40. The quantitative estimate of drug-likeness (QED) is 0.591. The summed E-state index contributed by atoms with van der Waals surface area (Å²) in [6.45, 7) is 2.80. The fourth-order valence-corrected chi connectivity index (χ4v) is 4.80. The molecule has 13 heteroatoms. The predicted molar refractivity (Wildman–Crippen MR) is 118 cm³/mol. The number of nitrogens with one attached hydrogen (secondary N) is 1. The molecule has 1 unspecified atom stereocenters. The van der Waals surface area contributed by atoms with Gasteiger partial charge in [-0.2, -0.15) is 23.5 Å². The lowest BCUT2D eigenvalue weighted by Crippen LogP contribution is -2.49. The second-order valence-corrected chi connectivity index (χ2v) is 8.61. The van der Waals surface area contributed by atoms with Gasteiger partial charge in [-0.05, 0) is 25.5 Å². The van der Waals surface area contributed by atoms with Crippen LogP contribution in [0.1, 0.15) is 58.8 Å². The van der Waals surface area contributed by atoms with Gasteiger partial charge in [0.25, 0.3) is 6.43 Å². The number of aromatic nitrogens is 2. The number of likely N-dealkylation sites (tertiary alicyclic amines) is 1. The number of hydrogen-bond donors (Lipinski definition) is 2. The van der Waals surface area contributed by atoms with E-state index in [1.807, 2.05) is 0 Å². The summed E-state index contributed by atoms with van der Waals surface area (Å²) in [4.78, 5) is 5.24. The largest absolute Gasteiger partial charge is 0.496 e. The molecule has 1 saturated heterocycles. The molecule has 2 aromatic rings. The molecular weight excluding hydrogens is 473 g/mol. The van der Waals surface area contributed by atoms with E-state index >= 15 is 0 Å². The van der Waals surface area contributed by atoms with E-state index in [1.165, 1.54) is 16.7 Å². The van der Waals surface area contributed by atoms with Gasteiger partial charge in [-0.1, -0.05) is 0 Å². The van der Waals surface area contributed by atoms with Crippen molar-refractivity contribution in [1.29, 1.82) is 5.26 Å². The van der Waals surface area contributed by atoms with E-state index in [0.29, 0.717) is 28.0 Å². The maximum absolute atomic E-state index is 13.7. The zero-order valence-electron chi connectivity index (χ0n) is 19.2. The van der Waals surface area contributed by atoms with Gasteiger partial charge in [0.1, 0.15) is 29.8 Å². The Morgan fingerprint density at radius 2 is 2.03 bits per heavy atom. The maximum atomic E-state index is 13.7. The van der Waals surface area contributed by atoms with Gasteiger partial charge in [-0.3, -0.25) is 4.90 Å². The predicted octanol–water partition coefficient (Wildman–Crippen LogP) is 3.67. The number of anilines is 1. The van der Waals surface area contributed by atoms with Crippen molar-refractivity contribution in [2.45, 2.75) is 38.4 Å². The first-order valence-corrected chi connectivity index (χ1v) is 10.8. The Morgan fingerprint density at radius 1 is 1.34 bits per heavy atom. The van der Waals surface area contributed by atoms with Crippen LogP contribution in [0.5, 0.6) is 5.75 Å². The molecule has 1 aromatic heterocycles. The van der Waals surface area contributed by atoms with Crippen LogP contribution >= 0.6 is 0 Å². The van der Waals surface area contributed by atoms with Crippen LogP contribution in [0.25, 0.3) is 0 Å². The van der Waals surface area contributed by atoms with Gasteiger partial charge in [0, 0.05) is 30.1 Å². The normalized spacial score (nSPS) is 17.3. The molecule has 4 rings (SSSR count). The van der Waals surface area contributed by atoms with Crippen molar-refractivity contribution >= 4 is 11.7 Å². The van der Waals surface area contributed by atoms with Gasteiger partial charge in [-0.25, -0.2) is 18.5 Å². The van der Waals surface area contributed by atoms with Crippen molar-refractivity contribution in [1.82, 2.24) is 14.7 Å². The summed E-state index contributed by atoms with van der Waals surface area (Å²) in [5.74, 6) is 0.325. The number of fused-ring (bicyclic) bond motifs is 1. The Balaban J connectivity index is 1.79. The average Bonchev–Trinajstić information content (AvgIpc) is 3.16. The first kappa shape index (κ1) is 24.7. The molecule has 0 amide bonds. The van der Waals surface area contributed by atoms with Crippen LogP contribution in [0, 0.1) is 18.3 Å². The van der Waals surface area contributed by atoms with Crippen LogP contribution in [-0.4, -0.2) is 60.1 Å². The van der Waals surface area contributed by atoms with Crippen molar-refractivity contribution in [3.05, 3.63) is 39.6 Å². The van der Waals surface area contributed by atoms with Crippen LogP contribution in [0.2, 0.25) is 0 Å². The van der Waals surface area contributed by atoms with Crippen molar-refractivity contribution in [3.8, 4) is 11.8 Å². The molecule has 0 spiro atoms. The third kappa shape index (κ3) is 4.38. The van der Waals surface area contributed by atoms with Gasteiger partial charge in [0.15, 0.2) is 0 Å². The number of aliphatic imine (C=N–C) groups is 1. The van der Waals surface area contributed by atoms with Gasteiger partial charge in [0.2, 0.25) is 0 Å². The number of rotatable bonds is 6. The number of alkyl halides is 5. The lowest BCUT2D eigenvalue weighted by molar-refractivity contribution is -0.154. The number of nitrogens with two attached hydrogens (primary N) is 1. The number of amidine groups is 1. The van der Waals surface area contributed by atoms with E-state index in [0.717, 1.165) is 0 Å². The summed E-state index contributed by atoms with van der Waals surface area (Å²) >= 11 is 0. The highest BCUT2D eigenvalue weighted by Crippen LogP contribution is 2.44. The summed E-state index contributed by atoms with van der Waals surface area (Å²) in [6.07, 6.45) is -7.21. The number of halogens is 5. The zero-order chi connectivity index (χ0) is 25.7. The third-order valence-electron chi connectivity index (χ3n) is 6.42. The topological polar surface area (TPSA) is 104 Å². The summed E-state index contributed by atoms with van der Waals surface area (Å²) in [5.41, 5.74) is 7.44. The van der Waals surface area contributed by atoms with Crippen molar-refractivity contribution in [2.75, 3.05) is 38.7 Å². The molecule has 3 N–H and O–H groups in total. The summed E-state index contributed by atoms with van der Waals surface area (Å²) in [5, 5.41) is 16.8. The molecule has 0 radical (unpaired) electrons. The molecule has 8 nitrogen and oxygen atoms in total. The van der Waals surface area contributed by atoms with Crippen LogP contribution in [0.3, 0.4) is 0 Å². The number of hydrogen-bond acceptors (Lipinski definition) is 7. The van der Waals surface area contributed by atoms with E-state index in [-0.39, 0.29) is 42.9 Å². The molecule has 1 fully saturated rings. The van der Waals surface area contributed by atoms with Crippen molar-refractivity contribution in [3.63, 3.8) is 0 Å². The van der Waals surface area contributed by atoms with Crippen LogP contribution in [-0.2, 0) is 0 Å². The number of benzene rings is 1. The van der Waals surface area contributed by atoms with Crippen LogP contribution in [0.4, 0.5) is 27.8 Å². The standard InChI is InChI=1S/C22H24F5N7O/c1-10-12(5-28)4-14(18(35-3)15(10)13-6-33(7-13)8-22(25,26)27)11(2)34-21-16(17(32-34)19(23)24)20(29)30-9-31-21/h4,11,13,19,31H,6-9H2,1-3H3,(H2,29,30). The highest BCUT2D eigenvalue weighted by molar-refractivity contribution is 6.04. The molecule has 2 aliphatic heterocycles. The smallest absolute Gasteiger partial charge is 0.401 e. The molecule has 0 saturated carbocycles. The maximum Gasteiger partial charge on any atom is 0.401 e. The minimum absolute atomic E-state index is 0.0201. The first-order chi connectivity index (χ1) is 16.5. The fourth-order valence-electron chi connectivity index (χ4n) is 4.80. The first-order valence-electron chi connectivity index (χ1n) is 10.8. The lowest BCUT2D eigenvalue weighted by atomic mass is 9.83. The van der Waals surface area contributed by atoms with Gasteiger partial charge < -0.3 is 15.8 Å². The number of nitriles is 1. The Morgan fingerprint density at radius 3 is 2.60 bits per heavy atom. The third-order valence-corrected chi connectivity index (χ3v) is 6.42. The van der Waals surface area contributed by atoms with Crippen molar-refractivity contribution < 1.29 is 26.7 Å². The molecule has 1 atom stereocenters. The minimum atomic E-state index is -4.31. The Bertz CT molecular complexity index is 1210. The zero-order valence-corrected chi connectivity index (χ0v) is 19.2. The van der Waals surface area contributed by atoms with Crippen LogP contribution in [0.15, 0.2) is 11.1 Å². The highest BCUT2D eigenvalue weighted by Gasteiger charge is 2.40. The molecular formula is C22H24F5N7O. The van der Waals surface area contributed by atoms with Gasteiger partial charge in [-0.15, -0.1) is 0 Å². The Labute approximate surface area is 198 Å². The monoisotopic (exact) mass is 497 g/mol. The molecule has 2 aliphatic rings. The molecule has 188 valence electrons. The molecule has 0 aliphatic carbocycles. The minimum Gasteiger partial charge on any atom is -0.496 e. The fraction of sp³-hybridized carbons (Fsp3) is 0.500. The van der Waals surface area contributed by atoms with E-state index < -0.39 is 30.9 Å². The van der Waals surface area contributed by atoms with Crippen LogP contribution < -0.4 is 15.8 Å². The van der Waals surface area contributed by atoms with E-state index in [9.17, 15) is 27.2 Å². The molecule has 3 heterocycles. The van der Waals surface area contributed by atoms with Gasteiger partial charge >= 0.3 is 6.18 Å². The molecule has 0 bridgehead atoms. The lowest BCUT2D eigenvalue weighted by Gasteiger charge is -2.41. The second kappa shape index (κ2) is 8.99. The number of methoxy groups -OCH3 is 1. The van der Waals surface area contributed by atoms with E-state index in [2.05, 4.69) is 21.5 Å². The van der Waals surface area contributed by atoms with Gasteiger partial charge in [0.05, 0.1) is 36.9 Å². The number of nitrogens with zero attached hydrogens (tertiary/aromatic N) is 5. The highest BCUT2D eigenvalue weighted by atomic mass is 19.4.